The number of carbonyl (C=O) groups excluding carboxylic acids is 1. The Kier molecular flexibility index (Phi) is 3.86. The highest BCUT2D eigenvalue weighted by atomic mass is 35.5. The van der Waals surface area contributed by atoms with Gasteiger partial charge in [0.2, 0.25) is 5.91 Å². The maximum absolute atomic E-state index is 11.9. The quantitative estimate of drug-likeness (QED) is 0.918. The van der Waals surface area contributed by atoms with Crippen molar-refractivity contribution in [2.24, 2.45) is 5.10 Å². The lowest BCUT2D eigenvalue weighted by atomic mass is 9.98. The molecule has 0 aliphatic carbocycles. The molecule has 2 aromatic rings. The van der Waals surface area contributed by atoms with Crippen molar-refractivity contribution in [3.05, 3.63) is 64.7 Å². The van der Waals surface area contributed by atoms with Crippen molar-refractivity contribution in [2.75, 3.05) is 0 Å². The lowest BCUT2D eigenvalue weighted by molar-refractivity contribution is -0.130. The number of aromatic hydroxyl groups is 1. The van der Waals surface area contributed by atoms with Crippen LogP contribution in [0.2, 0.25) is 5.02 Å². The van der Waals surface area contributed by atoms with E-state index in [-0.39, 0.29) is 17.7 Å². The molecule has 112 valence electrons. The van der Waals surface area contributed by atoms with E-state index in [9.17, 15) is 9.90 Å². The van der Waals surface area contributed by atoms with Gasteiger partial charge in [-0.1, -0.05) is 41.9 Å². The van der Waals surface area contributed by atoms with Gasteiger partial charge in [0.25, 0.3) is 0 Å². The van der Waals surface area contributed by atoms with Gasteiger partial charge >= 0.3 is 0 Å². The molecule has 22 heavy (non-hydrogen) atoms. The van der Waals surface area contributed by atoms with Crippen LogP contribution in [0.4, 0.5) is 0 Å². The largest absolute Gasteiger partial charge is 0.508 e. The molecule has 0 spiro atoms. The number of rotatable bonds is 2. The van der Waals surface area contributed by atoms with Gasteiger partial charge in [-0.3, -0.25) is 4.79 Å². The number of hydrogen-bond acceptors (Lipinski definition) is 3. The van der Waals surface area contributed by atoms with Crippen LogP contribution in [-0.2, 0) is 4.79 Å². The predicted molar refractivity (Wildman–Crippen MR) is 86.0 cm³/mol. The number of hydrazone groups is 1. The first-order valence-electron chi connectivity index (χ1n) is 6.97. The SMILES string of the molecule is CC(=O)N1N=C(c2cccc(Cl)c2)C[C@H]1c1ccccc1O. The second-order valence-corrected chi connectivity index (χ2v) is 5.64. The highest BCUT2D eigenvalue weighted by Gasteiger charge is 2.32. The average Bonchev–Trinajstić information content (AvgIpc) is 2.93. The van der Waals surface area contributed by atoms with Gasteiger partial charge < -0.3 is 5.11 Å². The number of halogens is 1. The van der Waals surface area contributed by atoms with E-state index < -0.39 is 0 Å². The second-order valence-electron chi connectivity index (χ2n) is 5.20. The van der Waals surface area contributed by atoms with Gasteiger partial charge in [-0.25, -0.2) is 5.01 Å². The third-order valence-electron chi connectivity index (χ3n) is 3.69. The number of amides is 1. The summed E-state index contributed by atoms with van der Waals surface area (Å²) in [4.78, 5) is 11.9. The number of para-hydroxylation sites is 1. The Hall–Kier alpha value is -2.33. The predicted octanol–water partition coefficient (Wildman–Crippen LogP) is 3.74. The van der Waals surface area contributed by atoms with Crippen LogP contribution in [0, 0.1) is 0 Å². The maximum atomic E-state index is 11.9. The lowest BCUT2D eigenvalue weighted by Gasteiger charge is -2.21. The molecule has 5 heteroatoms. The molecule has 4 nitrogen and oxygen atoms in total. The van der Waals surface area contributed by atoms with Crippen LogP contribution in [0.15, 0.2) is 53.6 Å². The Labute approximate surface area is 133 Å². The molecule has 0 aromatic heterocycles. The third kappa shape index (κ3) is 2.70. The van der Waals surface area contributed by atoms with Gasteiger partial charge in [-0.15, -0.1) is 0 Å². The van der Waals surface area contributed by atoms with Crippen molar-refractivity contribution in [2.45, 2.75) is 19.4 Å². The van der Waals surface area contributed by atoms with Crippen molar-refractivity contribution >= 4 is 23.2 Å². The molecule has 0 fully saturated rings. The number of phenols is 1. The summed E-state index contributed by atoms with van der Waals surface area (Å²) < 4.78 is 0. The van der Waals surface area contributed by atoms with Crippen molar-refractivity contribution in [3.8, 4) is 5.75 Å². The number of hydrogen-bond donors (Lipinski definition) is 1. The smallest absolute Gasteiger partial charge is 0.240 e. The monoisotopic (exact) mass is 314 g/mol. The fraction of sp³-hybridized carbons (Fsp3) is 0.176. The van der Waals surface area contributed by atoms with E-state index >= 15 is 0 Å². The van der Waals surface area contributed by atoms with E-state index in [1.54, 1.807) is 18.2 Å². The van der Waals surface area contributed by atoms with Gasteiger partial charge in [0.1, 0.15) is 5.75 Å². The van der Waals surface area contributed by atoms with E-state index in [0.717, 1.165) is 11.3 Å². The van der Waals surface area contributed by atoms with Gasteiger partial charge in [-0.2, -0.15) is 5.10 Å². The van der Waals surface area contributed by atoms with E-state index in [0.29, 0.717) is 17.0 Å². The van der Waals surface area contributed by atoms with Crippen LogP contribution in [0.3, 0.4) is 0 Å². The average molecular weight is 315 g/mol. The Bertz CT molecular complexity index is 758. The first-order chi connectivity index (χ1) is 10.6. The Morgan fingerprint density at radius 1 is 1.27 bits per heavy atom. The van der Waals surface area contributed by atoms with Crippen LogP contribution in [0.25, 0.3) is 0 Å². The van der Waals surface area contributed by atoms with Crippen molar-refractivity contribution in [1.82, 2.24) is 5.01 Å². The zero-order chi connectivity index (χ0) is 15.7. The van der Waals surface area contributed by atoms with Crippen LogP contribution in [0.5, 0.6) is 5.75 Å². The standard InChI is InChI=1S/C17H15ClN2O2/c1-11(21)20-16(14-7-2-3-8-17(14)22)10-15(19-20)12-5-4-6-13(18)9-12/h2-9,16,22H,10H2,1H3/t16-/m0/s1. The first kappa shape index (κ1) is 14.6. The number of carbonyl (C=O) groups is 1. The topological polar surface area (TPSA) is 52.9 Å². The number of phenolic OH excluding ortho intramolecular Hbond substituents is 1. The fourth-order valence-electron chi connectivity index (χ4n) is 2.65. The molecule has 1 heterocycles. The van der Waals surface area contributed by atoms with Crippen molar-refractivity contribution < 1.29 is 9.90 Å². The maximum Gasteiger partial charge on any atom is 0.240 e. The molecule has 1 amide bonds. The summed E-state index contributed by atoms with van der Waals surface area (Å²) in [6.07, 6.45) is 0.539. The molecule has 0 unspecified atom stereocenters. The minimum Gasteiger partial charge on any atom is -0.508 e. The van der Waals surface area contributed by atoms with Crippen LogP contribution >= 0.6 is 11.6 Å². The zero-order valence-corrected chi connectivity index (χ0v) is 12.8. The number of nitrogens with zero attached hydrogens (tertiary/aromatic N) is 2. The van der Waals surface area contributed by atoms with Crippen molar-refractivity contribution in [1.29, 1.82) is 0 Å². The molecule has 0 saturated heterocycles. The minimum atomic E-state index is -0.298. The van der Waals surface area contributed by atoms with Gasteiger partial charge in [-0.05, 0) is 23.8 Å². The molecular formula is C17H15ClN2O2. The van der Waals surface area contributed by atoms with Crippen LogP contribution in [0.1, 0.15) is 30.5 Å². The van der Waals surface area contributed by atoms with Crippen LogP contribution < -0.4 is 0 Å². The molecule has 0 saturated carbocycles. The molecule has 1 atom stereocenters. The normalized spacial score (nSPS) is 17.5. The summed E-state index contributed by atoms with van der Waals surface area (Å²) in [5, 5.41) is 16.5. The Balaban J connectivity index is 1.99. The second kappa shape index (κ2) is 5.81. The van der Waals surface area contributed by atoms with Crippen LogP contribution in [-0.4, -0.2) is 21.7 Å². The first-order valence-corrected chi connectivity index (χ1v) is 7.35. The summed E-state index contributed by atoms with van der Waals surface area (Å²) in [5.41, 5.74) is 2.36. The molecule has 3 rings (SSSR count). The zero-order valence-electron chi connectivity index (χ0n) is 12.0. The summed E-state index contributed by atoms with van der Waals surface area (Å²) >= 11 is 6.03. The Morgan fingerprint density at radius 2 is 2.05 bits per heavy atom. The minimum absolute atomic E-state index is 0.162. The van der Waals surface area contributed by atoms with E-state index in [2.05, 4.69) is 5.10 Å². The molecule has 0 bridgehead atoms. The van der Waals surface area contributed by atoms with Crippen molar-refractivity contribution in [3.63, 3.8) is 0 Å². The van der Waals surface area contributed by atoms with Gasteiger partial charge in [0, 0.05) is 23.9 Å². The summed E-state index contributed by atoms with van der Waals surface area (Å²) in [7, 11) is 0. The molecular weight excluding hydrogens is 300 g/mol. The van der Waals surface area contributed by atoms with Gasteiger partial charge in [0.05, 0.1) is 11.8 Å². The number of benzene rings is 2. The summed E-state index contributed by atoms with van der Waals surface area (Å²) in [6, 6.07) is 14.1. The lowest BCUT2D eigenvalue weighted by Crippen LogP contribution is -2.24. The molecule has 1 N–H and O–H groups in total. The summed E-state index contributed by atoms with van der Waals surface area (Å²) in [5.74, 6) is 0.00609. The molecule has 1 aliphatic rings. The third-order valence-corrected chi connectivity index (χ3v) is 3.92. The van der Waals surface area contributed by atoms with E-state index in [1.165, 1.54) is 11.9 Å². The highest BCUT2D eigenvalue weighted by Crippen LogP contribution is 2.36. The molecule has 2 aromatic carbocycles. The van der Waals surface area contributed by atoms with E-state index in [4.69, 9.17) is 11.6 Å². The van der Waals surface area contributed by atoms with Gasteiger partial charge in [0.15, 0.2) is 0 Å². The molecule has 0 radical (unpaired) electrons. The summed E-state index contributed by atoms with van der Waals surface area (Å²) in [6.45, 7) is 1.47. The molecule has 1 aliphatic heterocycles. The highest BCUT2D eigenvalue weighted by molar-refractivity contribution is 6.31. The fourth-order valence-corrected chi connectivity index (χ4v) is 2.84. The van der Waals surface area contributed by atoms with E-state index in [1.807, 2.05) is 30.3 Å². The Morgan fingerprint density at radius 3 is 2.73 bits per heavy atom.